The molecule has 0 heterocycles. The number of carbonyl (C=O) groups excluding carboxylic acids is 1. The maximum atomic E-state index is 12.1. The van der Waals surface area contributed by atoms with Gasteiger partial charge in [-0.2, -0.15) is 0 Å². The fourth-order valence-electron chi connectivity index (χ4n) is 1.99. The van der Waals surface area contributed by atoms with Gasteiger partial charge in [-0.15, -0.1) is 0 Å². The van der Waals surface area contributed by atoms with Gasteiger partial charge in [0.05, 0.1) is 11.4 Å². The van der Waals surface area contributed by atoms with E-state index in [9.17, 15) is 4.79 Å². The number of nitrogens with one attached hydrogen (secondary N) is 1. The summed E-state index contributed by atoms with van der Waals surface area (Å²) >= 11 is 5.82. The molecule has 100 valence electrons. The molecule has 0 aliphatic heterocycles. The molecule has 0 bridgehead atoms. The van der Waals surface area contributed by atoms with Crippen LogP contribution in [0.1, 0.15) is 39.5 Å². The van der Waals surface area contributed by atoms with Crippen molar-refractivity contribution in [2.45, 2.75) is 39.5 Å². The molecule has 0 aliphatic carbocycles. The number of rotatable bonds is 6. The highest BCUT2D eigenvalue weighted by Gasteiger charge is 2.17. The summed E-state index contributed by atoms with van der Waals surface area (Å²) in [5.41, 5.74) is 6.96. The summed E-state index contributed by atoms with van der Waals surface area (Å²) in [5, 5.41) is 3.46. The van der Waals surface area contributed by atoms with Gasteiger partial charge in [0, 0.05) is 10.9 Å². The minimum absolute atomic E-state index is 0.0488. The highest BCUT2D eigenvalue weighted by molar-refractivity contribution is 6.31. The van der Waals surface area contributed by atoms with Crippen LogP contribution in [-0.4, -0.2) is 5.91 Å². The fourth-order valence-corrected chi connectivity index (χ4v) is 2.17. The SMILES string of the molecule is CCCC(CCC)C(=O)Nc1ccc(Cl)cc1N. The lowest BCUT2D eigenvalue weighted by atomic mass is 9.97. The molecule has 0 aliphatic rings. The monoisotopic (exact) mass is 268 g/mol. The van der Waals surface area contributed by atoms with Crippen LogP contribution in [0, 0.1) is 5.92 Å². The number of carbonyl (C=O) groups is 1. The molecule has 3 N–H and O–H groups in total. The van der Waals surface area contributed by atoms with Crippen molar-refractivity contribution in [3.63, 3.8) is 0 Å². The average Bonchev–Trinajstić information content (AvgIpc) is 2.32. The zero-order valence-electron chi connectivity index (χ0n) is 11.0. The second kappa shape index (κ2) is 7.27. The molecule has 0 unspecified atom stereocenters. The third-order valence-electron chi connectivity index (χ3n) is 2.92. The number of nitrogen functional groups attached to an aromatic ring is 1. The molecule has 1 amide bonds. The number of benzene rings is 1. The molecule has 0 atom stereocenters. The maximum Gasteiger partial charge on any atom is 0.227 e. The van der Waals surface area contributed by atoms with Crippen molar-refractivity contribution >= 4 is 28.9 Å². The Labute approximate surface area is 114 Å². The van der Waals surface area contributed by atoms with Gasteiger partial charge in [-0.1, -0.05) is 38.3 Å². The number of hydrogen-bond acceptors (Lipinski definition) is 2. The van der Waals surface area contributed by atoms with Crippen molar-refractivity contribution < 1.29 is 4.79 Å². The zero-order chi connectivity index (χ0) is 13.5. The summed E-state index contributed by atoms with van der Waals surface area (Å²) < 4.78 is 0. The molecule has 0 radical (unpaired) electrons. The molecule has 4 heteroatoms. The largest absolute Gasteiger partial charge is 0.397 e. The average molecular weight is 269 g/mol. The van der Waals surface area contributed by atoms with Crippen molar-refractivity contribution in [1.29, 1.82) is 0 Å². The topological polar surface area (TPSA) is 55.1 Å². The van der Waals surface area contributed by atoms with Crippen LogP contribution in [0.2, 0.25) is 5.02 Å². The maximum absolute atomic E-state index is 12.1. The molecular weight excluding hydrogens is 248 g/mol. The van der Waals surface area contributed by atoms with E-state index in [1.807, 2.05) is 0 Å². The first-order chi connectivity index (χ1) is 8.58. The van der Waals surface area contributed by atoms with E-state index < -0.39 is 0 Å². The van der Waals surface area contributed by atoms with Crippen molar-refractivity contribution in [2.75, 3.05) is 11.1 Å². The Morgan fingerprint density at radius 1 is 1.33 bits per heavy atom. The van der Waals surface area contributed by atoms with E-state index >= 15 is 0 Å². The van der Waals surface area contributed by atoms with Crippen LogP contribution in [0.25, 0.3) is 0 Å². The lowest BCUT2D eigenvalue weighted by Gasteiger charge is -2.16. The number of anilines is 2. The lowest BCUT2D eigenvalue weighted by molar-refractivity contribution is -0.120. The summed E-state index contributed by atoms with van der Waals surface area (Å²) in [6.07, 6.45) is 3.84. The van der Waals surface area contributed by atoms with E-state index in [1.165, 1.54) is 0 Å². The molecule has 0 aromatic heterocycles. The minimum Gasteiger partial charge on any atom is -0.397 e. The van der Waals surface area contributed by atoms with Crippen LogP contribution in [0.5, 0.6) is 0 Å². The van der Waals surface area contributed by atoms with Gasteiger partial charge in [0.15, 0.2) is 0 Å². The normalized spacial score (nSPS) is 10.7. The molecule has 0 saturated carbocycles. The van der Waals surface area contributed by atoms with Gasteiger partial charge in [-0.05, 0) is 31.0 Å². The summed E-state index contributed by atoms with van der Waals surface area (Å²) in [7, 11) is 0. The van der Waals surface area contributed by atoms with Crippen molar-refractivity contribution in [1.82, 2.24) is 0 Å². The molecular formula is C14H21ClN2O. The number of nitrogens with two attached hydrogens (primary N) is 1. The molecule has 3 nitrogen and oxygen atoms in total. The zero-order valence-corrected chi connectivity index (χ0v) is 11.8. The predicted octanol–water partition coefficient (Wildman–Crippen LogP) is 4.08. The number of amides is 1. The van der Waals surface area contributed by atoms with Crippen molar-refractivity contribution in [3.05, 3.63) is 23.2 Å². The second-order valence-corrected chi connectivity index (χ2v) is 4.93. The van der Waals surface area contributed by atoms with Gasteiger partial charge in [0.25, 0.3) is 0 Å². The summed E-state index contributed by atoms with van der Waals surface area (Å²) in [4.78, 5) is 12.1. The molecule has 1 aromatic carbocycles. The van der Waals surface area contributed by atoms with Crippen LogP contribution < -0.4 is 11.1 Å². The fraction of sp³-hybridized carbons (Fsp3) is 0.500. The third-order valence-corrected chi connectivity index (χ3v) is 3.15. The van der Waals surface area contributed by atoms with Crippen molar-refractivity contribution in [3.8, 4) is 0 Å². The van der Waals surface area contributed by atoms with Gasteiger partial charge >= 0.3 is 0 Å². The Balaban J connectivity index is 2.72. The summed E-state index contributed by atoms with van der Waals surface area (Å²) in [5.74, 6) is 0.114. The third kappa shape index (κ3) is 4.22. The van der Waals surface area contributed by atoms with E-state index in [2.05, 4.69) is 19.2 Å². The molecule has 0 saturated heterocycles. The van der Waals surface area contributed by atoms with E-state index in [0.29, 0.717) is 16.4 Å². The first-order valence-electron chi connectivity index (χ1n) is 6.44. The molecule has 1 aromatic rings. The Hall–Kier alpha value is -1.22. The van der Waals surface area contributed by atoms with Crippen LogP contribution in [0.4, 0.5) is 11.4 Å². The standard InChI is InChI=1S/C14H21ClN2O/c1-3-5-10(6-4-2)14(18)17-13-8-7-11(15)9-12(13)16/h7-10H,3-6,16H2,1-2H3,(H,17,18). The first-order valence-corrected chi connectivity index (χ1v) is 6.82. The van der Waals surface area contributed by atoms with Gasteiger partial charge in [0.2, 0.25) is 5.91 Å². The quantitative estimate of drug-likeness (QED) is 0.764. The van der Waals surface area contributed by atoms with Crippen LogP contribution in [0.15, 0.2) is 18.2 Å². The smallest absolute Gasteiger partial charge is 0.227 e. The Bertz CT molecular complexity index is 401. The predicted molar refractivity (Wildman–Crippen MR) is 77.8 cm³/mol. The molecule has 0 spiro atoms. The molecule has 0 fully saturated rings. The van der Waals surface area contributed by atoms with E-state index in [1.54, 1.807) is 18.2 Å². The van der Waals surface area contributed by atoms with Crippen LogP contribution in [0.3, 0.4) is 0 Å². The Morgan fingerprint density at radius 2 is 1.94 bits per heavy atom. The van der Waals surface area contributed by atoms with Crippen LogP contribution in [-0.2, 0) is 4.79 Å². The van der Waals surface area contributed by atoms with E-state index in [4.69, 9.17) is 17.3 Å². The Kier molecular flexibility index (Phi) is 5.99. The second-order valence-electron chi connectivity index (χ2n) is 4.50. The van der Waals surface area contributed by atoms with Gasteiger partial charge in [-0.3, -0.25) is 4.79 Å². The van der Waals surface area contributed by atoms with E-state index in [-0.39, 0.29) is 11.8 Å². The van der Waals surface area contributed by atoms with E-state index in [0.717, 1.165) is 25.7 Å². The summed E-state index contributed by atoms with van der Waals surface area (Å²) in [6.45, 7) is 4.18. The Morgan fingerprint density at radius 3 is 2.44 bits per heavy atom. The minimum atomic E-state index is 0.0488. The van der Waals surface area contributed by atoms with Crippen LogP contribution >= 0.6 is 11.6 Å². The number of hydrogen-bond donors (Lipinski definition) is 2. The van der Waals surface area contributed by atoms with Gasteiger partial charge < -0.3 is 11.1 Å². The summed E-state index contributed by atoms with van der Waals surface area (Å²) in [6, 6.07) is 5.11. The van der Waals surface area contributed by atoms with Gasteiger partial charge in [-0.25, -0.2) is 0 Å². The first kappa shape index (κ1) is 14.8. The van der Waals surface area contributed by atoms with Gasteiger partial charge in [0.1, 0.15) is 0 Å². The van der Waals surface area contributed by atoms with Crippen molar-refractivity contribution in [2.24, 2.45) is 5.92 Å². The number of halogens is 1. The lowest BCUT2D eigenvalue weighted by Crippen LogP contribution is -2.23. The molecule has 18 heavy (non-hydrogen) atoms. The highest BCUT2D eigenvalue weighted by atomic mass is 35.5. The highest BCUT2D eigenvalue weighted by Crippen LogP contribution is 2.24. The molecule has 1 rings (SSSR count).